The van der Waals surface area contributed by atoms with E-state index in [4.69, 9.17) is 17.3 Å². The van der Waals surface area contributed by atoms with Gasteiger partial charge in [0.05, 0.1) is 16.6 Å². The Labute approximate surface area is 207 Å². The third kappa shape index (κ3) is 3.51. The van der Waals surface area contributed by atoms with Gasteiger partial charge in [0, 0.05) is 60.3 Å². The zero-order valence-corrected chi connectivity index (χ0v) is 20.4. The average molecular weight is 494 g/mol. The topological polar surface area (TPSA) is 113 Å². The molecule has 3 aromatic rings. The predicted molar refractivity (Wildman–Crippen MR) is 132 cm³/mol. The van der Waals surface area contributed by atoms with Crippen molar-refractivity contribution in [2.24, 2.45) is 0 Å². The maximum absolute atomic E-state index is 15.6. The second-order valence-corrected chi connectivity index (χ2v) is 9.94. The number of amides is 1. The largest absolute Gasteiger partial charge is 0.398 e. The van der Waals surface area contributed by atoms with E-state index in [9.17, 15) is 10.1 Å². The maximum Gasteiger partial charge on any atom is 0.258 e. The molecule has 0 bridgehead atoms. The van der Waals surface area contributed by atoms with E-state index in [1.54, 1.807) is 20.2 Å². The number of carbonyl (C=O) groups excluding carboxylic acids is 1. The molecule has 35 heavy (non-hydrogen) atoms. The summed E-state index contributed by atoms with van der Waals surface area (Å²) in [5.74, 6) is -0.544. The summed E-state index contributed by atoms with van der Waals surface area (Å²) in [6.07, 6.45) is 4.01. The van der Waals surface area contributed by atoms with Crippen molar-refractivity contribution in [3.05, 3.63) is 57.8 Å². The van der Waals surface area contributed by atoms with Crippen LogP contribution in [0, 0.1) is 24.1 Å². The molecule has 8 nitrogen and oxygen atoms in total. The molecule has 1 aromatic carbocycles. The molecular formula is C25H25ClFN7O. The van der Waals surface area contributed by atoms with Gasteiger partial charge in [-0.3, -0.25) is 9.48 Å². The van der Waals surface area contributed by atoms with Gasteiger partial charge in [-0.25, -0.2) is 9.37 Å². The van der Waals surface area contributed by atoms with Gasteiger partial charge in [0.1, 0.15) is 17.7 Å². The lowest BCUT2D eigenvalue weighted by atomic mass is 9.80. The smallest absolute Gasteiger partial charge is 0.258 e. The van der Waals surface area contributed by atoms with Crippen LogP contribution in [0.3, 0.4) is 0 Å². The van der Waals surface area contributed by atoms with E-state index in [1.165, 1.54) is 23.2 Å². The fourth-order valence-corrected chi connectivity index (χ4v) is 5.92. The van der Waals surface area contributed by atoms with Crippen LogP contribution in [0.25, 0.3) is 11.1 Å². The van der Waals surface area contributed by atoms with E-state index < -0.39 is 11.7 Å². The number of aryl methyl sites for hydroxylation is 1. The number of nitriles is 1. The lowest BCUT2D eigenvalue weighted by molar-refractivity contribution is 0.0824. The summed E-state index contributed by atoms with van der Waals surface area (Å²) in [4.78, 5) is 18.4. The van der Waals surface area contributed by atoms with Crippen molar-refractivity contribution in [1.29, 1.82) is 5.26 Å². The maximum atomic E-state index is 15.6. The Hall–Kier alpha value is -3.64. The molecule has 1 spiro atoms. The van der Waals surface area contributed by atoms with Gasteiger partial charge in [0.15, 0.2) is 5.69 Å². The fourth-order valence-electron chi connectivity index (χ4n) is 5.48. The summed E-state index contributed by atoms with van der Waals surface area (Å²) < 4.78 is 17.6. The van der Waals surface area contributed by atoms with Crippen molar-refractivity contribution >= 4 is 29.0 Å². The molecule has 2 aromatic heterocycles. The molecule has 180 valence electrons. The first-order valence-electron chi connectivity index (χ1n) is 11.4. The molecule has 1 aliphatic heterocycles. The molecule has 0 unspecified atom stereocenters. The van der Waals surface area contributed by atoms with Crippen LogP contribution in [0.4, 0.5) is 15.9 Å². The summed E-state index contributed by atoms with van der Waals surface area (Å²) in [7, 11) is 3.09. The van der Waals surface area contributed by atoms with Gasteiger partial charge in [-0.2, -0.15) is 10.4 Å². The van der Waals surface area contributed by atoms with Crippen molar-refractivity contribution in [1.82, 2.24) is 19.7 Å². The molecule has 1 saturated carbocycles. The van der Waals surface area contributed by atoms with Crippen molar-refractivity contribution in [2.45, 2.75) is 37.6 Å². The summed E-state index contributed by atoms with van der Waals surface area (Å²) in [6.45, 7) is 2.61. The van der Waals surface area contributed by atoms with Gasteiger partial charge < -0.3 is 16.0 Å². The molecule has 2 atom stereocenters. The average Bonchev–Trinajstić information content (AvgIpc) is 3.52. The zero-order valence-electron chi connectivity index (χ0n) is 19.7. The van der Waals surface area contributed by atoms with Crippen LogP contribution < -0.4 is 11.1 Å². The second-order valence-electron chi connectivity index (χ2n) is 9.56. The minimum atomic E-state index is -0.715. The Morgan fingerprint density at radius 3 is 2.86 bits per heavy atom. The number of pyridine rings is 1. The van der Waals surface area contributed by atoms with E-state index >= 15 is 4.39 Å². The number of anilines is 2. The van der Waals surface area contributed by atoms with Crippen molar-refractivity contribution in [3.63, 3.8) is 0 Å². The quantitative estimate of drug-likeness (QED) is 0.526. The van der Waals surface area contributed by atoms with Gasteiger partial charge >= 0.3 is 0 Å². The second kappa shape index (κ2) is 8.24. The molecule has 3 N–H and O–H groups in total. The molecule has 10 heteroatoms. The monoisotopic (exact) mass is 493 g/mol. The minimum absolute atomic E-state index is 0.0679. The number of nitrogen functional groups attached to an aromatic ring is 1. The van der Waals surface area contributed by atoms with Crippen LogP contribution in [0.5, 0.6) is 0 Å². The number of rotatable bonds is 3. The Balaban J connectivity index is 1.57. The van der Waals surface area contributed by atoms with Gasteiger partial charge in [-0.05, 0) is 44.4 Å². The summed E-state index contributed by atoms with van der Waals surface area (Å²) in [5, 5.41) is 17.5. The van der Waals surface area contributed by atoms with Crippen molar-refractivity contribution < 1.29 is 9.18 Å². The Morgan fingerprint density at radius 2 is 2.17 bits per heavy atom. The molecule has 1 fully saturated rings. The third-order valence-corrected chi connectivity index (χ3v) is 7.58. The third-order valence-electron chi connectivity index (χ3n) is 7.19. The zero-order chi connectivity index (χ0) is 25.1. The number of aromatic nitrogens is 3. The van der Waals surface area contributed by atoms with Crippen molar-refractivity contribution in [3.8, 4) is 17.2 Å². The predicted octanol–water partition coefficient (Wildman–Crippen LogP) is 4.29. The number of carbonyl (C=O) groups is 1. The summed E-state index contributed by atoms with van der Waals surface area (Å²) >= 11 is 6.98. The minimum Gasteiger partial charge on any atom is -0.398 e. The number of nitrogens with zero attached hydrogens (tertiary/aromatic N) is 5. The lowest BCUT2D eigenvalue weighted by Gasteiger charge is -2.25. The number of hydrogen-bond donors (Lipinski definition) is 2. The number of nitrogens with two attached hydrogens (primary N) is 1. The standard InChI is InChI=1S/C25H25ClFN7O/c1-13-8-14(10-28)32-34(13)15-6-7-25(9-15)12-31-23-20(25)21(26)17(11-30-23)16-4-5-18(29)19(22(16)27)24(35)33(2)3/h4-5,8,11,15H,6-7,9,12,29H2,1-3H3,(H,30,31)/t15-,25+/m1/s1. The number of fused-ring (bicyclic) bond motifs is 2. The molecule has 2 aliphatic rings. The highest BCUT2D eigenvalue weighted by Crippen LogP contribution is 2.54. The Morgan fingerprint density at radius 1 is 1.40 bits per heavy atom. The van der Waals surface area contributed by atoms with Crippen LogP contribution >= 0.6 is 11.6 Å². The molecule has 5 rings (SSSR count). The molecule has 0 radical (unpaired) electrons. The van der Waals surface area contributed by atoms with Crippen molar-refractivity contribution in [2.75, 3.05) is 31.7 Å². The van der Waals surface area contributed by atoms with Crippen LogP contribution in [0.1, 0.15) is 52.6 Å². The molecule has 0 saturated heterocycles. The Bertz CT molecular complexity index is 1410. The molecule has 1 aliphatic carbocycles. The van der Waals surface area contributed by atoms with E-state index in [2.05, 4.69) is 21.5 Å². The van der Waals surface area contributed by atoms with Gasteiger partial charge in [-0.15, -0.1) is 0 Å². The lowest BCUT2D eigenvalue weighted by Crippen LogP contribution is -2.26. The highest BCUT2D eigenvalue weighted by molar-refractivity contribution is 6.34. The first-order valence-corrected chi connectivity index (χ1v) is 11.7. The summed E-state index contributed by atoms with van der Waals surface area (Å²) in [5.41, 5.74) is 8.35. The number of hydrogen-bond acceptors (Lipinski definition) is 6. The highest BCUT2D eigenvalue weighted by Gasteiger charge is 2.48. The van der Waals surface area contributed by atoms with E-state index in [0.29, 0.717) is 28.6 Å². The van der Waals surface area contributed by atoms with E-state index in [0.717, 1.165) is 30.5 Å². The molecule has 3 heterocycles. The normalized spacial score (nSPS) is 20.5. The summed E-state index contributed by atoms with van der Waals surface area (Å²) in [6, 6.07) is 7.06. The van der Waals surface area contributed by atoms with Gasteiger partial charge in [0.2, 0.25) is 0 Å². The Kier molecular flexibility index (Phi) is 5.44. The van der Waals surface area contributed by atoms with Crippen LogP contribution in [0.2, 0.25) is 5.02 Å². The van der Waals surface area contributed by atoms with Gasteiger partial charge in [0.25, 0.3) is 5.91 Å². The van der Waals surface area contributed by atoms with Gasteiger partial charge in [-0.1, -0.05) is 11.6 Å². The first kappa shape index (κ1) is 23.1. The van der Waals surface area contributed by atoms with Crippen LogP contribution in [0.15, 0.2) is 24.4 Å². The number of halogens is 2. The SMILES string of the molecule is Cc1cc(C#N)nn1[C@@H]1CC[C@@]2(CNc3ncc(-c4ccc(N)c(C(=O)N(C)C)c4F)c(Cl)c32)C1. The van der Waals surface area contributed by atoms with E-state index in [-0.39, 0.29) is 28.3 Å². The van der Waals surface area contributed by atoms with E-state index in [1.807, 2.05) is 11.6 Å². The van der Waals surface area contributed by atoms with Crippen LogP contribution in [-0.2, 0) is 5.41 Å². The number of nitrogens with one attached hydrogen (secondary N) is 1. The number of benzene rings is 1. The molecular weight excluding hydrogens is 469 g/mol. The highest BCUT2D eigenvalue weighted by atomic mass is 35.5. The molecule has 1 amide bonds. The van der Waals surface area contributed by atoms with Crippen LogP contribution in [-0.4, -0.2) is 46.2 Å². The first-order chi connectivity index (χ1) is 16.7. The fraction of sp³-hybridized carbons (Fsp3) is 0.360.